The van der Waals surface area contributed by atoms with Gasteiger partial charge < -0.3 is 9.80 Å². The highest BCUT2D eigenvalue weighted by Gasteiger charge is 2.50. The number of pyridine rings is 1. The number of hydrogen-bond acceptors (Lipinski definition) is 3. The molecule has 1 aromatic heterocycles. The molecule has 5 heteroatoms. The molecule has 3 heterocycles. The van der Waals surface area contributed by atoms with Crippen molar-refractivity contribution in [3.05, 3.63) is 60.4 Å². The average Bonchev–Trinajstić information content (AvgIpc) is 3.00. The van der Waals surface area contributed by atoms with Crippen LogP contribution in [0.1, 0.15) is 31.2 Å². The van der Waals surface area contributed by atoms with Gasteiger partial charge in [0.15, 0.2) is 0 Å². The summed E-state index contributed by atoms with van der Waals surface area (Å²) in [5.41, 5.74) is 1.46. The second kappa shape index (κ2) is 6.90. The zero-order chi connectivity index (χ0) is 18.0. The molecular weight excluding hydrogens is 326 g/mol. The first-order valence-electron chi connectivity index (χ1n) is 9.23. The van der Waals surface area contributed by atoms with E-state index in [1.807, 2.05) is 47.4 Å². The second-order valence-electron chi connectivity index (χ2n) is 7.26. The number of nitrogens with zero attached hydrogens (tertiary/aromatic N) is 3. The van der Waals surface area contributed by atoms with E-state index in [0.717, 1.165) is 37.1 Å². The summed E-state index contributed by atoms with van der Waals surface area (Å²) in [4.78, 5) is 33.7. The van der Waals surface area contributed by atoms with Crippen LogP contribution in [0.3, 0.4) is 0 Å². The Kier molecular flexibility index (Phi) is 4.45. The molecule has 1 unspecified atom stereocenters. The van der Waals surface area contributed by atoms with Crippen LogP contribution in [-0.2, 0) is 16.0 Å². The topological polar surface area (TPSA) is 53.5 Å². The van der Waals surface area contributed by atoms with E-state index in [2.05, 4.69) is 4.98 Å². The van der Waals surface area contributed by atoms with Crippen molar-refractivity contribution in [2.75, 3.05) is 18.0 Å². The third-order valence-corrected chi connectivity index (χ3v) is 5.54. The SMILES string of the molecule is O=C1CC2(CCCCN2C(=O)Cc2ccccc2)CN1c1cccnc1. The summed E-state index contributed by atoms with van der Waals surface area (Å²) in [6, 6.07) is 13.6. The van der Waals surface area contributed by atoms with E-state index in [4.69, 9.17) is 0 Å². The molecule has 134 valence electrons. The number of carbonyl (C=O) groups is 2. The smallest absolute Gasteiger partial charge is 0.229 e. The van der Waals surface area contributed by atoms with Crippen molar-refractivity contribution in [3.8, 4) is 0 Å². The van der Waals surface area contributed by atoms with Gasteiger partial charge in [0.25, 0.3) is 0 Å². The maximum absolute atomic E-state index is 13.1. The van der Waals surface area contributed by atoms with Crippen LogP contribution in [0.25, 0.3) is 0 Å². The van der Waals surface area contributed by atoms with Gasteiger partial charge in [0.1, 0.15) is 0 Å². The van der Waals surface area contributed by atoms with Crippen LogP contribution in [0.15, 0.2) is 54.9 Å². The monoisotopic (exact) mass is 349 g/mol. The molecule has 1 aromatic carbocycles. The number of benzene rings is 1. The number of hydrogen-bond donors (Lipinski definition) is 0. The molecule has 0 saturated carbocycles. The third kappa shape index (κ3) is 3.09. The molecule has 0 bridgehead atoms. The van der Waals surface area contributed by atoms with E-state index in [1.165, 1.54) is 0 Å². The molecule has 1 spiro atoms. The van der Waals surface area contributed by atoms with Crippen molar-refractivity contribution in [3.63, 3.8) is 0 Å². The fraction of sp³-hybridized carbons (Fsp3) is 0.381. The Morgan fingerprint density at radius 2 is 1.96 bits per heavy atom. The summed E-state index contributed by atoms with van der Waals surface area (Å²) in [6.07, 6.45) is 7.17. The van der Waals surface area contributed by atoms with Gasteiger partial charge in [-0.25, -0.2) is 0 Å². The molecular formula is C21H23N3O2. The van der Waals surface area contributed by atoms with Crippen LogP contribution in [0.2, 0.25) is 0 Å². The van der Waals surface area contributed by atoms with Gasteiger partial charge in [-0.15, -0.1) is 0 Å². The van der Waals surface area contributed by atoms with E-state index in [9.17, 15) is 9.59 Å². The Hall–Kier alpha value is -2.69. The molecule has 2 saturated heterocycles. The molecule has 2 aliphatic rings. The highest BCUT2D eigenvalue weighted by molar-refractivity contribution is 5.97. The zero-order valence-corrected chi connectivity index (χ0v) is 14.8. The van der Waals surface area contributed by atoms with Gasteiger partial charge in [-0.2, -0.15) is 0 Å². The number of aromatic nitrogens is 1. The Balaban J connectivity index is 1.57. The van der Waals surface area contributed by atoms with Crippen LogP contribution in [-0.4, -0.2) is 40.3 Å². The Morgan fingerprint density at radius 3 is 2.73 bits per heavy atom. The van der Waals surface area contributed by atoms with Gasteiger partial charge in [-0.05, 0) is 37.0 Å². The molecule has 1 atom stereocenters. The van der Waals surface area contributed by atoms with Crippen molar-refractivity contribution in [1.82, 2.24) is 9.88 Å². The summed E-state index contributed by atoms with van der Waals surface area (Å²) < 4.78 is 0. The van der Waals surface area contributed by atoms with Crippen molar-refractivity contribution in [2.24, 2.45) is 0 Å². The number of piperidine rings is 1. The largest absolute Gasteiger partial charge is 0.334 e. The number of anilines is 1. The minimum Gasteiger partial charge on any atom is -0.334 e. The van der Waals surface area contributed by atoms with Crippen LogP contribution in [0, 0.1) is 0 Å². The zero-order valence-electron chi connectivity index (χ0n) is 14.8. The maximum atomic E-state index is 13.1. The summed E-state index contributed by atoms with van der Waals surface area (Å²) in [7, 11) is 0. The highest BCUT2D eigenvalue weighted by atomic mass is 16.2. The van der Waals surface area contributed by atoms with Crippen molar-refractivity contribution < 1.29 is 9.59 Å². The van der Waals surface area contributed by atoms with E-state index in [1.54, 1.807) is 17.3 Å². The van der Waals surface area contributed by atoms with Crippen LogP contribution in [0.4, 0.5) is 5.69 Å². The standard InChI is InChI=1S/C21H23N3O2/c25-19(13-17-7-2-1-3-8-17)24-12-5-4-10-21(24)14-20(26)23(16-21)18-9-6-11-22-15-18/h1-3,6-9,11,15H,4-5,10,12-14,16H2. The van der Waals surface area contributed by atoms with E-state index >= 15 is 0 Å². The van der Waals surface area contributed by atoms with Crippen LogP contribution in [0.5, 0.6) is 0 Å². The summed E-state index contributed by atoms with van der Waals surface area (Å²) in [6.45, 7) is 1.30. The lowest BCUT2D eigenvalue weighted by Crippen LogP contribution is -2.56. The quantitative estimate of drug-likeness (QED) is 0.856. The molecule has 0 aliphatic carbocycles. The van der Waals surface area contributed by atoms with E-state index in [-0.39, 0.29) is 17.4 Å². The van der Waals surface area contributed by atoms with Gasteiger partial charge >= 0.3 is 0 Å². The molecule has 5 nitrogen and oxygen atoms in total. The Morgan fingerprint density at radius 1 is 1.12 bits per heavy atom. The number of likely N-dealkylation sites (tertiary alicyclic amines) is 1. The number of amides is 2. The van der Waals surface area contributed by atoms with Gasteiger partial charge in [0, 0.05) is 19.3 Å². The van der Waals surface area contributed by atoms with Crippen molar-refractivity contribution >= 4 is 17.5 Å². The maximum Gasteiger partial charge on any atom is 0.229 e. The summed E-state index contributed by atoms with van der Waals surface area (Å²) in [5, 5.41) is 0. The lowest BCUT2D eigenvalue weighted by molar-refractivity contribution is -0.138. The van der Waals surface area contributed by atoms with E-state index in [0.29, 0.717) is 19.4 Å². The number of rotatable bonds is 3. The first-order chi connectivity index (χ1) is 12.7. The molecule has 0 radical (unpaired) electrons. The molecule has 2 aliphatic heterocycles. The average molecular weight is 349 g/mol. The van der Waals surface area contributed by atoms with Gasteiger partial charge in [-0.3, -0.25) is 14.6 Å². The molecule has 2 amide bonds. The number of carbonyl (C=O) groups excluding carboxylic acids is 2. The second-order valence-corrected chi connectivity index (χ2v) is 7.26. The van der Waals surface area contributed by atoms with Crippen LogP contribution < -0.4 is 4.90 Å². The van der Waals surface area contributed by atoms with Crippen molar-refractivity contribution in [1.29, 1.82) is 0 Å². The van der Waals surface area contributed by atoms with E-state index < -0.39 is 0 Å². The lowest BCUT2D eigenvalue weighted by Gasteiger charge is -2.44. The van der Waals surface area contributed by atoms with Crippen LogP contribution >= 0.6 is 0 Å². The molecule has 2 aromatic rings. The predicted octanol–water partition coefficient (Wildman–Crippen LogP) is 2.81. The highest BCUT2D eigenvalue weighted by Crippen LogP contribution is 2.39. The minimum absolute atomic E-state index is 0.0809. The molecule has 26 heavy (non-hydrogen) atoms. The van der Waals surface area contributed by atoms with Gasteiger partial charge in [0.05, 0.1) is 30.3 Å². The Bertz CT molecular complexity index is 793. The minimum atomic E-state index is -0.378. The first kappa shape index (κ1) is 16.8. The first-order valence-corrected chi connectivity index (χ1v) is 9.23. The molecule has 0 N–H and O–H groups in total. The third-order valence-electron chi connectivity index (χ3n) is 5.54. The summed E-state index contributed by atoms with van der Waals surface area (Å²) in [5.74, 6) is 0.203. The lowest BCUT2D eigenvalue weighted by atomic mass is 9.85. The molecule has 4 rings (SSSR count). The summed E-state index contributed by atoms with van der Waals surface area (Å²) >= 11 is 0. The fourth-order valence-electron chi connectivity index (χ4n) is 4.26. The van der Waals surface area contributed by atoms with Gasteiger partial charge in [-0.1, -0.05) is 30.3 Å². The Labute approximate surface area is 153 Å². The molecule has 2 fully saturated rings. The fourth-order valence-corrected chi connectivity index (χ4v) is 4.26. The van der Waals surface area contributed by atoms with Crippen molar-refractivity contribution in [2.45, 2.75) is 37.6 Å². The van der Waals surface area contributed by atoms with Gasteiger partial charge in [0.2, 0.25) is 11.8 Å². The predicted molar refractivity (Wildman–Crippen MR) is 99.6 cm³/mol. The normalized spacial score (nSPS) is 22.8.